The molecule has 0 bridgehead atoms. The van der Waals surface area contributed by atoms with Crippen molar-refractivity contribution in [3.8, 4) is 0 Å². The van der Waals surface area contributed by atoms with Crippen molar-refractivity contribution >= 4 is 23.2 Å². The van der Waals surface area contributed by atoms with Crippen molar-refractivity contribution in [1.29, 1.82) is 0 Å². The van der Waals surface area contributed by atoms with Crippen LogP contribution in [0.4, 0.5) is 11.4 Å². The number of nitrogens with zero attached hydrogens (tertiary/aromatic N) is 1. The standard InChI is InChI=1S/C14H22N4O2/c1-4-7-17-13(19)9-18(3)12-8-10(15)5-6-11(12)14(20)16-2/h5-6,8H,4,7,9,15H2,1-3H3,(H,16,20)(H,17,19). The number of nitrogens with two attached hydrogens (primary N) is 1. The van der Waals surface area contributed by atoms with Crippen LogP contribution in [0.5, 0.6) is 0 Å². The number of anilines is 2. The Balaban J connectivity index is 2.90. The van der Waals surface area contributed by atoms with Crippen molar-refractivity contribution in [2.75, 3.05) is 37.8 Å². The third kappa shape index (κ3) is 4.15. The van der Waals surface area contributed by atoms with E-state index in [0.29, 0.717) is 23.5 Å². The Bertz CT molecular complexity index is 488. The Morgan fingerprint density at radius 2 is 2.05 bits per heavy atom. The van der Waals surface area contributed by atoms with Gasteiger partial charge in [-0.25, -0.2) is 0 Å². The van der Waals surface area contributed by atoms with Crippen molar-refractivity contribution < 1.29 is 9.59 Å². The maximum absolute atomic E-state index is 11.8. The first-order chi connectivity index (χ1) is 9.49. The van der Waals surface area contributed by atoms with Crippen molar-refractivity contribution in [2.24, 2.45) is 0 Å². The number of rotatable bonds is 6. The molecule has 6 heteroatoms. The van der Waals surface area contributed by atoms with Crippen molar-refractivity contribution in [2.45, 2.75) is 13.3 Å². The summed E-state index contributed by atoms with van der Waals surface area (Å²) in [6.07, 6.45) is 0.886. The minimum absolute atomic E-state index is 0.0837. The zero-order chi connectivity index (χ0) is 15.1. The van der Waals surface area contributed by atoms with Crippen LogP contribution in [0.1, 0.15) is 23.7 Å². The average Bonchev–Trinajstić information content (AvgIpc) is 2.44. The fraction of sp³-hybridized carbons (Fsp3) is 0.429. The number of benzene rings is 1. The van der Waals surface area contributed by atoms with Crippen LogP contribution >= 0.6 is 0 Å². The van der Waals surface area contributed by atoms with E-state index in [2.05, 4.69) is 10.6 Å². The van der Waals surface area contributed by atoms with Crippen LogP contribution in [0.15, 0.2) is 18.2 Å². The monoisotopic (exact) mass is 278 g/mol. The minimum atomic E-state index is -0.208. The van der Waals surface area contributed by atoms with Crippen molar-refractivity contribution in [3.63, 3.8) is 0 Å². The highest BCUT2D eigenvalue weighted by Crippen LogP contribution is 2.22. The van der Waals surface area contributed by atoms with Gasteiger partial charge in [0.15, 0.2) is 0 Å². The van der Waals surface area contributed by atoms with E-state index >= 15 is 0 Å². The van der Waals surface area contributed by atoms with Gasteiger partial charge in [0.25, 0.3) is 5.91 Å². The molecule has 0 spiro atoms. The Labute approximate surface area is 119 Å². The molecule has 1 rings (SSSR count). The zero-order valence-electron chi connectivity index (χ0n) is 12.2. The van der Waals surface area contributed by atoms with Gasteiger partial charge in [0.05, 0.1) is 17.8 Å². The van der Waals surface area contributed by atoms with E-state index in [1.807, 2.05) is 6.92 Å². The second-order valence-corrected chi connectivity index (χ2v) is 4.56. The summed E-state index contributed by atoms with van der Waals surface area (Å²) >= 11 is 0. The molecule has 0 radical (unpaired) electrons. The summed E-state index contributed by atoms with van der Waals surface area (Å²) in [5.74, 6) is -0.291. The second kappa shape index (κ2) is 7.37. The zero-order valence-corrected chi connectivity index (χ0v) is 12.2. The molecule has 0 saturated heterocycles. The number of carbonyl (C=O) groups is 2. The first-order valence-corrected chi connectivity index (χ1v) is 6.59. The fourth-order valence-corrected chi connectivity index (χ4v) is 1.81. The lowest BCUT2D eigenvalue weighted by molar-refractivity contribution is -0.119. The van der Waals surface area contributed by atoms with E-state index in [9.17, 15) is 9.59 Å². The topological polar surface area (TPSA) is 87.5 Å². The van der Waals surface area contributed by atoms with Gasteiger partial charge in [-0.3, -0.25) is 9.59 Å². The molecule has 0 aromatic heterocycles. The van der Waals surface area contributed by atoms with Crippen LogP contribution in [0.2, 0.25) is 0 Å². The molecule has 110 valence electrons. The lowest BCUT2D eigenvalue weighted by Gasteiger charge is -2.22. The van der Waals surface area contributed by atoms with E-state index in [1.165, 1.54) is 0 Å². The normalized spacial score (nSPS) is 9.95. The molecule has 0 fully saturated rings. The first kappa shape index (κ1) is 15.8. The molecule has 0 unspecified atom stereocenters. The van der Waals surface area contributed by atoms with E-state index in [1.54, 1.807) is 37.2 Å². The molecular weight excluding hydrogens is 256 g/mol. The molecule has 6 nitrogen and oxygen atoms in total. The number of hydrogen-bond donors (Lipinski definition) is 3. The lowest BCUT2D eigenvalue weighted by atomic mass is 10.1. The second-order valence-electron chi connectivity index (χ2n) is 4.56. The highest BCUT2D eigenvalue weighted by molar-refractivity contribution is 6.00. The van der Waals surface area contributed by atoms with E-state index in [-0.39, 0.29) is 18.4 Å². The van der Waals surface area contributed by atoms with E-state index in [4.69, 9.17) is 5.73 Å². The molecule has 0 heterocycles. The summed E-state index contributed by atoms with van der Waals surface area (Å²) in [4.78, 5) is 25.3. The molecule has 2 amide bonds. The highest BCUT2D eigenvalue weighted by Gasteiger charge is 2.15. The van der Waals surface area contributed by atoms with Crippen LogP contribution in [-0.4, -0.2) is 39.0 Å². The third-order valence-electron chi connectivity index (χ3n) is 2.86. The van der Waals surface area contributed by atoms with Gasteiger partial charge >= 0.3 is 0 Å². The summed E-state index contributed by atoms with van der Waals surface area (Å²) < 4.78 is 0. The molecule has 0 saturated carbocycles. The van der Waals surface area contributed by atoms with Gasteiger partial charge in [0.1, 0.15) is 0 Å². The maximum atomic E-state index is 11.8. The molecule has 0 aliphatic heterocycles. The molecule has 4 N–H and O–H groups in total. The summed E-state index contributed by atoms with van der Waals surface area (Å²) in [5.41, 5.74) is 7.44. The molecular formula is C14H22N4O2. The van der Waals surface area contributed by atoms with Crippen LogP contribution < -0.4 is 21.3 Å². The van der Waals surface area contributed by atoms with Crippen LogP contribution in [-0.2, 0) is 4.79 Å². The predicted molar refractivity (Wildman–Crippen MR) is 80.8 cm³/mol. The lowest BCUT2D eigenvalue weighted by Crippen LogP contribution is -2.36. The molecule has 0 atom stereocenters. The largest absolute Gasteiger partial charge is 0.399 e. The maximum Gasteiger partial charge on any atom is 0.253 e. The number of carbonyl (C=O) groups excluding carboxylic acids is 2. The quantitative estimate of drug-likeness (QED) is 0.665. The molecule has 0 aliphatic carbocycles. The van der Waals surface area contributed by atoms with Gasteiger partial charge in [-0.1, -0.05) is 6.92 Å². The average molecular weight is 278 g/mol. The van der Waals surface area contributed by atoms with Gasteiger partial charge in [0.2, 0.25) is 5.91 Å². The SMILES string of the molecule is CCCNC(=O)CN(C)c1cc(N)ccc1C(=O)NC. The third-order valence-corrected chi connectivity index (χ3v) is 2.86. The van der Waals surface area contributed by atoms with Crippen LogP contribution in [0, 0.1) is 0 Å². The Morgan fingerprint density at radius 3 is 2.65 bits per heavy atom. The Hall–Kier alpha value is -2.24. The highest BCUT2D eigenvalue weighted by atomic mass is 16.2. The molecule has 1 aromatic rings. The molecule has 20 heavy (non-hydrogen) atoms. The Kier molecular flexibility index (Phi) is 5.83. The Morgan fingerprint density at radius 1 is 1.35 bits per heavy atom. The number of likely N-dealkylation sites (N-methyl/N-ethyl adjacent to an activating group) is 1. The fourth-order valence-electron chi connectivity index (χ4n) is 1.81. The summed E-state index contributed by atoms with van der Waals surface area (Å²) in [6, 6.07) is 5.01. The smallest absolute Gasteiger partial charge is 0.253 e. The van der Waals surface area contributed by atoms with Gasteiger partial charge < -0.3 is 21.3 Å². The number of nitrogen functional groups attached to an aromatic ring is 1. The van der Waals surface area contributed by atoms with E-state index < -0.39 is 0 Å². The van der Waals surface area contributed by atoms with Gasteiger partial charge in [-0.05, 0) is 24.6 Å². The van der Waals surface area contributed by atoms with Gasteiger partial charge in [-0.2, -0.15) is 0 Å². The number of hydrogen-bond acceptors (Lipinski definition) is 4. The summed E-state index contributed by atoms with van der Waals surface area (Å²) in [7, 11) is 3.32. The van der Waals surface area contributed by atoms with Crippen molar-refractivity contribution in [1.82, 2.24) is 10.6 Å². The van der Waals surface area contributed by atoms with Crippen molar-refractivity contribution in [3.05, 3.63) is 23.8 Å². The number of nitrogens with one attached hydrogen (secondary N) is 2. The minimum Gasteiger partial charge on any atom is -0.399 e. The number of amides is 2. The first-order valence-electron chi connectivity index (χ1n) is 6.59. The predicted octanol–water partition coefficient (Wildman–Crippen LogP) is 0.591. The van der Waals surface area contributed by atoms with Crippen LogP contribution in [0.3, 0.4) is 0 Å². The van der Waals surface area contributed by atoms with Crippen LogP contribution in [0.25, 0.3) is 0 Å². The van der Waals surface area contributed by atoms with Gasteiger partial charge in [0, 0.05) is 26.3 Å². The van der Waals surface area contributed by atoms with Gasteiger partial charge in [-0.15, -0.1) is 0 Å². The molecule has 1 aromatic carbocycles. The summed E-state index contributed by atoms with van der Waals surface area (Å²) in [5, 5.41) is 5.37. The molecule has 0 aliphatic rings. The van der Waals surface area contributed by atoms with E-state index in [0.717, 1.165) is 6.42 Å². The summed E-state index contributed by atoms with van der Waals surface area (Å²) in [6.45, 7) is 2.81.